The van der Waals surface area contributed by atoms with E-state index in [2.05, 4.69) is 25.7 Å². The number of hydrogen-bond donors (Lipinski definition) is 1. The summed E-state index contributed by atoms with van der Waals surface area (Å²) in [5, 5.41) is 9.74. The number of aliphatic carboxylic acids is 1. The monoisotopic (exact) mass is 241 g/mol. The van der Waals surface area contributed by atoms with Crippen LogP contribution in [0.15, 0.2) is 0 Å². The zero-order valence-electron chi connectivity index (χ0n) is 11.5. The molecule has 1 saturated carbocycles. The molecule has 0 spiro atoms. The van der Waals surface area contributed by atoms with E-state index in [1.807, 2.05) is 0 Å². The molecule has 2 atom stereocenters. The summed E-state index contributed by atoms with van der Waals surface area (Å²) in [5.74, 6) is -0.335. The third-order valence-corrected chi connectivity index (χ3v) is 4.18. The van der Waals surface area contributed by atoms with Gasteiger partial charge < -0.3 is 5.11 Å². The van der Waals surface area contributed by atoms with Crippen molar-refractivity contribution in [3.05, 3.63) is 0 Å². The van der Waals surface area contributed by atoms with Gasteiger partial charge in [0.25, 0.3) is 0 Å². The topological polar surface area (TPSA) is 40.5 Å². The molecule has 0 heterocycles. The second kappa shape index (κ2) is 6.39. The zero-order valence-corrected chi connectivity index (χ0v) is 11.5. The van der Waals surface area contributed by atoms with Gasteiger partial charge in [0, 0.05) is 0 Å². The molecule has 3 heteroatoms. The summed E-state index contributed by atoms with van der Waals surface area (Å²) in [6, 6.07) is 0. The molecule has 0 aromatic heterocycles. The van der Waals surface area contributed by atoms with Crippen molar-refractivity contribution in [1.29, 1.82) is 0 Å². The molecule has 0 bridgehead atoms. The van der Waals surface area contributed by atoms with E-state index >= 15 is 0 Å². The lowest BCUT2D eigenvalue weighted by atomic mass is 9.72. The van der Waals surface area contributed by atoms with Crippen LogP contribution in [0.5, 0.6) is 0 Å². The molecule has 1 rings (SSSR count). The van der Waals surface area contributed by atoms with Crippen LogP contribution in [0.2, 0.25) is 0 Å². The third-order valence-electron chi connectivity index (χ3n) is 4.18. The van der Waals surface area contributed by atoms with Crippen LogP contribution < -0.4 is 0 Å². The number of hydrogen-bond acceptors (Lipinski definition) is 2. The molecule has 1 fully saturated rings. The van der Waals surface area contributed by atoms with Crippen LogP contribution in [-0.4, -0.2) is 34.6 Å². The molecule has 0 radical (unpaired) electrons. The van der Waals surface area contributed by atoms with E-state index in [-0.39, 0.29) is 5.92 Å². The first-order valence-corrected chi connectivity index (χ1v) is 7.08. The zero-order chi connectivity index (χ0) is 12.9. The number of carboxylic acid groups (broad SMARTS) is 1. The first-order valence-electron chi connectivity index (χ1n) is 7.08. The van der Waals surface area contributed by atoms with Gasteiger partial charge in [-0.25, -0.2) is 0 Å². The normalized spacial score (nSPS) is 29.5. The van der Waals surface area contributed by atoms with Crippen LogP contribution in [0, 0.1) is 5.92 Å². The minimum Gasteiger partial charge on any atom is -0.480 e. The standard InChI is InChI=1S/C14H27NO2/c1-4-10-15(11-5-2)14(13(16)17)9-7-6-8-12(14)3/h12H,4-11H2,1-3H3,(H,16,17). The predicted octanol–water partition coefficient (Wildman–Crippen LogP) is 3.14. The highest BCUT2D eigenvalue weighted by molar-refractivity contribution is 5.79. The Morgan fingerprint density at radius 2 is 1.88 bits per heavy atom. The fraction of sp³-hybridized carbons (Fsp3) is 0.929. The average Bonchev–Trinajstić information content (AvgIpc) is 2.29. The minimum absolute atomic E-state index is 0.270. The maximum atomic E-state index is 11.8. The maximum absolute atomic E-state index is 11.8. The molecule has 0 aromatic rings. The van der Waals surface area contributed by atoms with E-state index in [1.54, 1.807) is 0 Å². The predicted molar refractivity (Wildman–Crippen MR) is 70.2 cm³/mol. The Bertz CT molecular complexity index is 249. The fourth-order valence-corrected chi connectivity index (χ4v) is 3.30. The summed E-state index contributed by atoms with van der Waals surface area (Å²) in [7, 11) is 0. The largest absolute Gasteiger partial charge is 0.480 e. The Labute approximate surface area is 105 Å². The van der Waals surface area contributed by atoms with Crippen LogP contribution in [0.25, 0.3) is 0 Å². The van der Waals surface area contributed by atoms with E-state index in [1.165, 1.54) is 6.42 Å². The molecule has 1 N–H and O–H groups in total. The van der Waals surface area contributed by atoms with E-state index < -0.39 is 11.5 Å². The van der Waals surface area contributed by atoms with Gasteiger partial charge in [-0.05, 0) is 44.7 Å². The summed E-state index contributed by atoms with van der Waals surface area (Å²) in [6.07, 6.45) is 6.17. The summed E-state index contributed by atoms with van der Waals surface area (Å²) >= 11 is 0. The van der Waals surface area contributed by atoms with Gasteiger partial charge in [0.05, 0.1) is 0 Å². The average molecular weight is 241 g/mol. The van der Waals surface area contributed by atoms with Gasteiger partial charge in [0.15, 0.2) is 0 Å². The Balaban J connectivity index is 2.97. The first kappa shape index (κ1) is 14.5. The van der Waals surface area contributed by atoms with Crippen molar-refractivity contribution in [2.24, 2.45) is 5.92 Å². The Morgan fingerprint density at radius 3 is 2.29 bits per heavy atom. The van der Waals surface area contributed by atoms with Crippen molar-refractivity contribution < 1.29 is 9.90 Å². The minimum atomic E-state index is -0.605. The summed E-state index contributed by atoms with van der Waals surface area (Å²) < 4.78 is 0. The lowest BCUT2D eigenvalue weighted by molar-refractivity contribution is -0.159. The van der Waals surface area contributed by atoms with Gasteiger partial charge in [-0.15, -0.1) is 0 Å². The van der Waals surface area contributed by atoms with Crippen LogP contribution in [0.1, 0.15) is 59.3 Å². The van der Waals surface area contributed by atoms with Crippen molar-refractivity contribution in [2.75, 3.05) is 13.1 Å². The van der Waals surface area contributed by atoms with Gasteiger partial charge in [-0.2, -0.15) is 0 Å². The lowest BCUT2D eigenvalue weighted by Crippen LogP contribution is -2.60. The van der Waals surface area contributed by atoms with E-state index in [0.717, 1.165) is 45.2 Å². The van der Waals surface area contributed by atoms with E-state index in [9.17, 15) is 9.90 Å². The van der Waals surface area contributed by atoms with Crippen LogP contribution in [-0.2, 0) is 4.79 Å². The summed E-state index contributed by atoms with van der Waals surface area (Å²) in [6.45, 7) is 8.19. The molecular formula is C14H27NO2. The molecule has 0 amide bonds. The van der Waals surface area contributed by atoms with Crippen molar-refractivity contribution in [3.8, 4) is 0 Å². The molecular weight excluding hydrogens is 214 g/mol. The van der Waals surface area contributed by atoms with Gasteiger partial charge in [0.1, 0.15) is 5.54 Å². The molecule has 2 unspecified atom stereocenters. The molecule has 3 nitrogen and oxygen atoms in total. The highest BCUT2D eigenvalue weighted by atomic mass is 16.4. The molecule has 0 aliphatic heterocycles. The lowest BCUT2D eigenvalue weighted by Gasteiger charge is -2.47. The van der Waals surface area contributed by atoms with Crippen molar-refractivity contribution in [3.63, 3.8) is 0 Å². The van der Waals surface area contributed by atoms with Crippen LogP contribution in [0.4, 0.5) is 0 Å². The van der Waals surface area contributed by atoms with E-state index in [0.29, 0.717) is 0 Å². The maximum Gasteiger partial charge on any atom is 0.324 e. The second-order valence-electron chi connectivity index (χ2n) is 5.36. The Morgan fingerprint density at radius 1 is 1.29 bits per heavy atom. The summed E-state index contributed by atoms with van der Waals surface area (Å²) in [4.78, 5) is 14.1. The van der Waals surface area contributed by atoms with Crippen molar-refractivity contribution in [1.82, 2.24) is 4.90 Å². The fourth-order valence-electron chi connectivity index (χ4n) is 3.30. The van der Waals surface area contributed by atoms with Crippen LogP contribution in [0.3, 0.4) is 0 Å². The Hall–Kier alpha value is -0.570. The molecule has 100 valence electrons. The molecule has 0 aromatic carbocycles. The molecule has 1 aliphatic carbocycles. The summed E-state index contributed by atoms with van der Waals surface area (Å²) in [5.41, 5.74) is -0.593. The van der Waals surface area contributed by atoms with Crippen molar-refractivity contribution >= 4 is 5.97 Å². The highest BCUT2D eigenvalue weighted by Gasteiger charge is 2.48. The van der Waals surface area contributed by atoms with Gasteiger partial charge in [-0.3, -0.25) is 9.69 Å². The van der Waals surface area contributed by atoms with Crippen LogP contribution >= 0.6 is 0 Å². The number of rotatable bonds is 6. The number of carbonyl (C=O) groups is 1. The highest BCUT2D eigenvalue weighted by Crippen LogP contribution is 2.39. The molecule has 0 saturated heterocycles. The van der Waals surface area contributed by atoms with E-state index in [4.69, 9.17) is 0 Å². The van der Waals surface area contributed by atoms with Crippen molar-refractivity contribution in [2.45, 2.75) is 64.8 Å². The second-order valence-corrected chi connectivity index (χ2v) is 5.36. The molecule has 17 heavy (non-hydrogen) atoms. The smallest absolute Gasteiger partial charge is 0.324 e. The first-order chi connectivity index (χ1) is 8.09. The SMILES string of the molecule is CCCN(CCC)C1(C(=O)O)CCCCC1C. The van der Waals surface area contributed by atoms with Gasteiger partial charge in [-0.1, -0.05) is 33.6 Å². The quantitative estimate of drug-likeness (QED) is 0.776. The number of nitrogens with zero attached hydrogens (tertiary/aromatic N) is 1. The molecule has 1 aliphatic rings. The van der Waals surface area contributed by atoms with Gasteiger partial charge >= 0.3 is 5.97 Å². The third kappa shape index (κ3) is 2.82. The number of carboxylic acids is 1. The Kier molecular flexibility index (Phi) is 5.44. The van der Waals surface area contributed by atoms with Gasteiger partial charge in [0.2, 0.25) is 0 Å².